The van der Waals surface area contributed by atoms with Crippen LogP contribution in [0.4, 0.5) is 0 Å². The third-order valence-corrected chi connectivity index (χ3v) is 3.30. The van der Waals surface area contributed by atoms with E-state index in [-0.39, 0.29) is 12.5 Å². The first-order chi connectivity index (χ1) is 11.1. The number of nitrogens with zero attached hydrogens (tertiary/aromatic N) is 6. The Morgan fingerprint density at radius 3 is 3.00 bits per heavy atom. The van der Waals surface area contributed by atoms with E-state index in [0.29, 0.717) is 22.4 Å². The molecule has 3 aromatic heterocycles. The van der Waals surface area contributed by atoms with E-state index in [1.165, 1.54) is 10.9 Å². The normalized spacial score (nSPS) is 12.1. The van der Waals surface area contributed by atoms with Crippen molar-refractivity contribution in [3.63, 3.8) is 0 Å². The summed E-state index contributed by atoms with van der Waals surface area (Å²) in [6, 6.07) is -0.482. The van der Waals surface area contributed by atoms with E-state index in [2.05, 4.69) is 35.6 Å². The minimum Gasteiger partial charge on any atom is -0.347 e. The molecule has 0 saturated heterocycles. The fourth-order valence-electron chi connectivity index (χ4n) is 1.87. The molecule has 23 heavy (non-hydrogen) atoms. The lowest BCUT2D eigenvalue weighted by molar-refractivity contribution is -0.124. The van der Waals surface area contributed by atoms with Crippen molar-refractivity contribution in [3.05, 3.63) is 41.8 Å². The summed E-state index contributed by atoms with van der Waals surface area (Å²) in [5.41, 5.74) is 0.556. The molecule has 0 aliphatic heterocycles. The lowest BCUT2D eigenvalue weighted by atomic mass is 10.3. The predicted octanol–water partition coefficient (Wildman–Crippen LogP) is 0.989. The molecule has 10 heteroatoms. The van der Waals surface area contributed by atoms with E-state index in [0.717, 1.165) is 0 Å². The molecule has 0 bridgehead atoms. The lowest BCUT2D eigenvalue weighted by Crippen LogP contribution is -2.31. The summed E-state index contributed by atoms with van der Waals surface area (Å²) >= 11 is 5.79. The van der Waals surface area contributed by atoms with Gasteiger partial charge in [-0.05, 0) is 6.92 Å². The van der Waals surface area contributed by atoms with Crippen molar-refractivity contribution in [2.75, 3.05) is 0 Å². The van der Waals surface area contributed by atoms with Gasteiger partial charge < -0.3 is 5.32 Å². The predicted molar refractivity (Wildman–Crippen MR) is 81.2 cm³/mol. The lowest BCUT2D eigenvalue weighted by Gasteiger charge is -2.11. The molecule has 0 radical (unpaired) electrons. The minimum absolute atomic E-state index is 0.206. The van der Waals surface area contributed by atoms with Gasteiger partial charge in [0, 0.05) is 18.6 Å². The highest BCUT2D eigenvalue weighted by Gasteiger charge is 2.16. The first-order valence-corrected chi connectivity index (χ1v) is 7.16. The zero-order chi connectivity index (χ0) is 16.2. The van der Waals surface area contributed by atoms with Crippen LogP contribution < -0.4 is 5.32 Å². The number of nitrogens with one attached hydrogen (secondary N) is 2. The summed E-state index contributed by atoms with van der Waals surface area (Å²) in [6.07, 6.45) is 7.76. The number of halogens is 1. The van der Waals surface area contributed by atoms with Crippen molar-refractivity contribution in [3.8, 4) is 11.5 Å². The van der Waals surface area contributed by atoms with Gasteiger partial charge in [-0.25, -0.2) is 9.97 Å². The third kappa shape index (κ3) is 3.51. The van der Waals surface area contributed by atoms with Crippen LogP contribution in [0.3, 0.4) is 0 Å². The van der Waals surface area contributed by atoms with Crippen molar-refractivity contribution in [2.45, 2.75) is 19.5 Å². The van der Waals surface area contributed by atoms with Gasteiger partial charge in [0.05, 0.1) is 24.0 Å². The Hall–Kier alpha value is -2.81. The molecular weight excluding hydrogens is 320 g/mol. The largest absolute Gasteiger partial charge is 0.347 e. The Bertz CT molecular complexity index is 799. The van der Waals surface area contributed by atoms with Gasteiger partial charge in [-0.2, -0.15) is 10.2 Å². The van der Waals surface area contributed by atoms with E-state index in [1.54, 1.807) is 31.7 Å². The topological polar surface area (TPSA) is 114 Å². The van der Waals surface area contributed by atoms with Crippen LogP contribution in [0.15, 0.2) is 31.0 Å². The maximum atomic E-state index is 12.1. The molecule has 2 N–H and O–H groups in total. The number of aromatic amines is 1. The molecule has 3 heterocycles. The monoisotopic (exact) mass is 332 g/mol. The third-order valence-electron chi connectivity index (χ3n) is 3.10. The van der Waals surface area contributed by atoms with Crippen LogP contribution in [-0.2, 0) is 11.3 Å². The molecule has 3 rings (SSSR count). The summed E-state index contributed by atoms with van der Waals surface area (Å²) < 4.78 is 1.49. The van der Waals surface area contributed by atoms with E-state index < -0.39 is 6.04 Å². The first-order valence-electron chi connectivity index (χ1n) is 6.78. The average molecular weight is 333 g/mol. The summed E-state index contributed by atoms with van der Waals surface area (Å²) in [6.45, 7) is 1.94. The van der Waals surface area contributed by atoms with Gasteiger partial charge in [-0.3, -0.25) is 19.6 Å². The second-order valence-corrected chi connectivity index (χ2v) is 5.17. The summed E-state index contributed by atoms with van der Waals surface area (Å²) in [4.78, 5) is 24.4. The molecule has 1 atom stereocenters. The van der Waals surface area contributed by atoms with Crippen molar-refractivity contribution in [1.29, 1.82) is 0 Å². The van der Waals surface area contributed by atoms with E-state index >= 15 is 0 Å². The van der Waals surface area contributed by atoms with E-state index in [4.69, 9.17) is 11.6 Å². The molecule has 1 amide bonds. The molecule has 0 aliphatic rings. The second-order valence-electron chi connectivity index (χ2n) is 4.73. The van der Waals surface area contributed by atoms with Gasteiger partial charge in [-0.15, -0.1) is 0 Å². The Balaban J connectivity index is 1.60. The highest BCUT2D eigenvalue weighted by atomic mass is 35.5. The highest BCUT2D eigenvalue weighted by molar-refractivity contribution is 6.30. The minimum atomic E-state index is -0.482. The molecule has 3 aromatic rings. The molecule has 0 spiro atoms. The summed E-state index contributed by atoms with van der Waals surface area (Å²) in [5, 5.41) is 14.0. The number of aromatic nitrogens is 7. The number of carbonyl (C=O) groups is 1. The van der Waals surface area contributed by atoms with E-state index in [9.17, 15) is 4.79 Å². The Labute approximate surface area is 136 Å². The van der Waals surface area contributed by atoms with Crippen LogP contribution in [0, 0.1) is 0 Å². The van der Waals surface area contributed by atoms with Gasteiger partial charge in [0.2, 0.25) is 11.7 Å². The second kappa shape index (κ2) is 6.53. The fourth-order valence-corrected chi connectivity index (χ4v) is 2.01. The molecule has 0 fully saturated rings. The average Bonchev–Trinajstić information content (AvgIpc) is 3.22. The zero-order valence-electron chi connectivity index (χ0n) is 12.1. The van der Waals surface area contributed by atoms with Gasteiger partial charge in [0.25, 0.3) is 0 Å². The van der Waals surface area contributed by atoms with E-state index in [1.807, 2.05) is 0 Å². The molecule has 0 aromatic carbocycles. The number of hydrogen-bond donors (Lipinski definition) is 2. The Morgan fingerprint density at radius 1 is 1.43 bits per heavy atom. The molecule has 9 nitrogen and oxygen atoms in total. The van der Waals surface area contributed by atoms with Crippen molar-refractivity contribution in [1.82, 2.24) is 40.2 Å². The SMILES string of the molecule is CC(C(=O)NCc1nc(-c2cnccn2)n[nH]1)n1cc(Cl)cn1. The number of hydrogen-bond acceptors (Lipinski definition) is 6. The number of amides is 1. The van der Waals surface area contributed by atoms with Crippen LogP contribution in [0.5, 0.6) is 0 Å². The van der Waals surface area contributed by atoms with Gasteiger partial charge in [0.15, 0.2) is 0 Å². The molecule has 1 unspecified atom stereocenters. The Kier molecular flexibility index (Phi) is 4.29. The van der Waals surface area contributed by atoms with Gasteiger partial charge >= 0.3 is 0 Å². The molecule has 0 saturated carbocycles. The van der Waals surface area contributed by atoms with Crippen molar-refractivity contribution < 1.29 is 4.79 Å². The van der Waals surface area contributed by atoms with Crippen LogP contribution >= 0.6 is 11.6 Å². The smallest absolute Gasteiger partial charge is 0.244 e. The van der Waals surface area contributed by atoms with Gasteiger partial charge in [0.1, 0.15) is 17.6 Å². The van der Waals surface area contributed by atoms with Crippen molar-refractivity contribution >= 4 is 17.5 Å². The van der Waals surface area contributed by atoms with Crippen LogP contribution in [0.25, 0.3) is 11.5 Å². The summed E-state index contributed by atoms with van der Waals surface area (Å²) in [5.74, 6) is 0.737. The number of rotatable bonds is 5. The van der Waals surface area contributed by atoms with Crippen LogP contribution in [-0.4, -0.2) is 40.8 Å². The molecule has 118 valence electrons. The molecular formula is C13H13ClN8O. The standard InChI is InChI=1S/C13H13ClN8O/c1-8(22-7-9(14)4-18-22)13(23)17-6-11-19-12(21-20-11)10-5-15-2-3-16-10/h2-5,7-8H,6H2,1H3,(H,17,23)(H,19,20,21). The first kappa shape index (κ1) is 15.1. The fraction of sp³-hybridized carbons (Fsp3) is 0.231. The quantitative estimate of drug-likeness (QED) is 0.720. The Morgan fingerprint density at radius 2 is 2.30 bits per heavy atom. The summed E-state index contributed by atoms with van der Waals surface area (Å²) in [7, 11) is 0. The van der Waals surface area contributed by atoms with Crippen LogP contribution in [0.1, 0.15) is 18.8 Å². The van der Waals surface area contributed by atoms with Crippen molar-refractivity contribution in [2.24, 2.45) is 0 Å². The number of carbonyl (C=O) groups excluding carboxylic acids is 1. The maximum absolute atomic E-state index is 12.1. The zero-order valence-corrected chi connectivity index (χ0v) is 12.9. The van der Waals surface area contributed by atoms with Crippen LogP contribution in [0.2, 0.25) is 5.02 Å². The van der Waals surface area contributed by atoms with Gasteiger partial charge in [-0.1, -0.05) is 11.6 Å². The molecule has 0 aliphatic carbocycles. The number of H-pyrrole nitrogens is 1. The highest BCUT2D eigenvalue weighted by Crippen LogP contribution is 2.11. The maximum Gasteiger partial charge on any atom is 0.244 e.